The average Bonchev–Trinajstić information content (AvgIpc) is 1.85. The topological polar surface area (TPSA) is 62.2 Å². The number of rotatable bonds is 1. The summed E-state index contributed by atoms with van der Waals surface area (Å²) in [6.45, 7) is 0. The predicted octanol–water partition coefficient (Wildman–Crippen LogP) is 1.31. The van der Waals surface area contributed by atoms with Crippen LogP contribution in [0.3, 0.4) is 0 Å². The number of halogens is 1. The van der Waals surface area contributed by atoms with E-state index in [0.29, 0.717) is 0 Å². The molecule has 0 aromatic carbocycles. The SMILES string of the molecule is O=C(O)Nc1ccnc(F)c1. The molecule has 5 heteroatoms. The smallest absolute Gasteiger partial charge is 0.409 e. The summed E-state index contributed by atoms with van der Waals surface area (Å²) in [6, 6.07) is 2.35. The van der Waals surface area contributed by atoms with Crippen LogP contribution in [0.15, 0.2) is 18.3 Å². The molecule has 1 aromatic heterocycles. The molecule has 0 radical (unpaired) electrons. The first-order chi connectivity index (χ1) is 5.18. The molecule has 0 aliphatic heterocycles. The summed E-state index contributed by atoms with van der Waals surface area (Å²) in [5, 5.41) is 10.2. The monoisotopic (exact) mass is 156 g/mol. The van der Waals surface area contributed by atoms with Crippen LogP contribution in [0.5, 0.6) is 0 Å². The highest BCUT2D eigenvalue weighted by molar-refractivity contribution is 5.82. The van der Waals surface area contributed by atoms with Crippen molar-refractivity contribution in [3.63, 3.8) is 0 Å². The third-order valence-electron chi connectivity index (χ3n) is 0.978. The van der Waals surface area contributed by atoms with Gasteiger partial charge in [-0.05, 0) is 6.07 Å². The maximum absolute atomic E-state index is 12.3. The van der Waals surface area contributed by atoms with E-state index in [1.54, 1.807) is 0 Å². The summed E-state index contributed by atoms with van der Waals surface area (Å²) in [6.07, 6.45) is -0.0451. The van der Waals surface area contributed by atoms with Crippen molar-refractivity contribution in [1.29, 1.82) is 0 Å². The lowest BCUT2D eigenvalue weighted by Gasteiger charge is -1.97. The number of hydrogen-bond acceptors (Lipinski definition) is 2. The van der Waals surface area contributed by atoms with Gasteiger partial charge >= 0.3 is 6.09 Å². The summed E-state index contributed by atoms with van der Waals surface area (Å²) in [7, 11) is 0. The van der Waals surface area contributed by atoms with E-state index in [2.05, 4.69) is 4.98 Å². The molecule has 0 fully saturated rings. The van der Waals surface area contributed by atoms with Gasteiger partial charge in [0.2, 0.25) is 5.95 Å². The Labute approximate surface area is 61.7 Å². The van der Waals surface area contributed by atoms with E-state index in [9.17, 15) is 9.18 Å². The number of amides is 1. The molecule has 4 nitrogen and oxygen atoms in total. The number of hydrogen-bond donors (Lipinski definition) is 2. The number of carboxylic acid groups (broad SMARTS) is 1. The van der Waals surface area contributed by atoms with Gasteiger partial charge in [0.15, 0.2) is 0 Å². The van der Waals surface area contributed by atoms with Gasteiger partial charge in [0.1, 0.15) is 0 Å². The second-order valence-electron chi connectivity index (χ2n) is 1.80. The summed E-state index contributed by atoms with van der Waals surface area (Å²) in [5.41, 5.74) is 0.171. The minimum Gasteiger partial charge on any atom is -0.465 e. The number of anilines is 1. The Balaban J connectivity index is 2.79. The van der Waals surface area contributed by atoms with E-state index in [1.165, 1.54) is 12.3 Å². The van der Waals surface area contributed by atoms with Crippen LogP contribution in [0, 0.1) is 5.95 Å². The zero-order valence-electron chi connectivity index (χ0n) is 5.41. The van der Waals surface area contributed by atoms with E-state index >= 15 is 0 Å². The lowest BCUT2D eigenvalue weighted by molar-refractivity contribution is 0.209. The molecule has 0 aliphatic rings. The quantitative estimate of drug-likeness (QED) is 0.602. The first-order valence-corrected chi connectivity index (χ1v) is 2.80. The minimum absolute atomic E-state index is 0.171. The zero-order valence-corrected chi connectivity index (χ0v) is 5.41. The highest BCUT2D eigenvalue weighted by atomic mass is 19.1. The lowest BCUT2D eigenvalue weighted by atomic mass is 10.4. The molecule has 0 aliphatic carbocycles. The second kappa shape index (κ2) is 2.96. The van der Waals surface area contributed by atoms with Crippen molar-refractivity contribution in [2.75, 3.05) is 5.32 Å². The highest BCUT2D eigenvalue weighted by Crippen LogP contribution is 2.05. The molecule has 1 amide bonds. The van der Waals surface area contributed by atoms with Crippen molar-refractivity contribution in [2.24, 2.45) is 0 Å². The molecule has 0 spiro atoms. The molecule has 2 N–H and O–H groups in total. The van der Waals surface area contributed by atoms with Crippen molar-refractivity contribution in [3.8, 4) is 0 Å². The fourth-order valence-electron chi connectivity index (χ4n) is 0.604. The number of carbonyl (C=O) groups is 1. The largest absolute Gasteiger partial charge is 0.465 e. The van der Waals surface area contributed by atoms with Gasteiger partial charge in [0.25, 0.3) is 0 Å². The van der Waals surface area contributed by atoms with Crippen molar-refractivity contribution >= 4 is 11.8 Å². The number of aromatic nitrogens is 1. The number of nitrogens with one attached hydrogen (secondary N) is 1. The highest BCUT2D eigenvalue weighted by Gasteiger charge is 1.98. The van der Waals surface area contributed by atoms with Crippen LogP contribution >= 0.6 is 0 Å². The van der Waals surface area contributed by atoms with Gasteiger partial charge in [-0.25, -0.2) is 9.78 Å². The fourth-order valence-corrected chi connectivity index (χ4v) is 0.604. The van der Waals surface area contributed by atoms with Crippen LogP contribution in [0.2, 0.25) is 0 Å². The molecule has 58 valence electrons. The minimum atomic E-state index is -1.23. The molecule has 0 saturated heterocycles. The van der Waals surface area contributed by atoms with Crippen LogP contribution in [-0.4, -0.2) is 16.2 Å². The fraction of sp³-hybridized carbons (Fsp3) is 0. The van der Waals surface area contributed by atoms with E-state index in [-0.39, 0.29) is 5.69 Å². The average molecular weight is 156 g/mol. The van der Waals surface area contributed by atoms with Crippen molar-refractivity contribution in [2.45, 2.75) is 0 Å². The first kappa shape index (κ1) is 7.46. The first-order valence-electron chi connectivity index (χ1n) is 2.80. The molecule has 0 saturated carbocycles. The molecule has 1 rings (SSSR count). The molecule has 0 unspecified atom stereocenters. The molecular formula is C6H5FN2O2. The maximum atomic E-state index is 12.3. The molecular weight excluding hydrogens is 151 g/mol. The standard InChI is InChI=1S/C6H5FN2O2/c7-5-3-4(1-2-8-5)9-6(10)11/h1-3H,(H,8,9)(H,10,11). The third-order valence-corrected chi connectivity index (χ3v) is 0.978. The number of nitrogens with zero attached hydrogens (tertiary/aromatic N) is 1. The van der Waals surface area contributed by atoms with Gasteiger partial charge in [-0.15, -0.1) is 0 Å². The lowest BCUT2D eigenvalue weighted by Crippen LogP contribution is -2.07. The van der Waals surface area contributed by atoms with Crippen LogP contribution in [0.4, 0.5) is 14.9 Å². The maximum Gasteiger partial charge on any atom is 0.409 e. The Hall–Kier alpha value is -1.65. The van der Waals surface area contributed by atoms with Gasteiger partial charge in [0.05, 0.1) is 5.69 Å². The molecule has 1 aromatic rings. The third kappa shape index (κ3) is 2.21. The molecule has 11 heavy (non-hydrogen) atoms. The summed E-state index contributed by atoms with van der Waals surface area (Å²) in [4.78, 5) is 13.3. The van der Waals surface area contributed by atoms with Crippen molar-refractivity contribution in [3.05, 3.63) is 24.3 Å². The van der Waals surface area contributed by atoms with E-state index in [1.807, 2.05) is 5.32 Å². The normalized spacial score (nSPS) is 9.18. The van der Waals surface area contributed by atoms with Crippen molar-refractivity contribution < 1.29 is 14.3 Å². The van der Waals surface area contributed by atoms with Crippen LogP contribution in [0.25, 0.3) is 0 Å². The van der Waals surface area contributed by atoms with E-state index < -0.39 is 12.0 Å². The zero-order chi connectivity index (χ0) is 8.27. The van der Waals surface area contributed by atoms with E-state index in [0.717, 1.165) is 6.07 Å². The Morgan fingerprint density at radius 3 is 3.00 bits per heavy atom. The molecule has 1 heterocycles. The van der Waals surface area contributed by atoms with Crippen LogP contribution in [-0.2, 0) is 0 Å². The predicted molar refractivity (Wildman–Crippen MR) is 35.8 cm³/mol. The van der Waals surface area contributed by atoms with Crippen LogP contribution < -0.4 is 5.32 Å². The second-order valence-corrected chi connectivity index (χ2v) is 1.80. The number of pyridine rings is 1. The summed E-state index contributed by atoms with van der Waals surface area (Å²) in [5.74, 6) is -0.712. The molecule has 0 atom stereocenters. The van der Waals surface area contributed by atoms with Gasteiger partial charge in [-0.2, -0.15) is 4.39 Å². The Morgan fingerprint density at radius 1 is 1.73 bits per heavy atom. The van der Waals surface area contributed by atoms with Gasteiger partial charge in [-0.1, -0.05) is 0 Å². The van der Waals surface area contributed by atoms with Gasteiger partial charge < -0.3 is 5.11 Å². The van der Waals surface area contributed by atoms with Crippen molar-refractivity contribution in [1.82, 2.24) is 4.98 Å². The summed E-state index contributed by atoms with van der Waals surface area (Å²) >= 11 is 0. The summed E-state index contributed by atoms with van der Waals surface area (Å²) < 4.78 is 12.3. The van der Waals surface area contributed by atoms with Gasteiger partial charge in [0, 0.05) is 12.3 Å². The Morgan fingerprint density at radius 2 is 2.45 bits per heavy atom. The Kier molecular flexibility index (Phi) is 2.00. The van der Waals surface area contributed by atoms with E-state index in [4.69, 9.17) is 5.11 Å². The van der Waals surface area contributed by atoms with Crippen LogP contribution in [0.1, 0.15) is 0 Å². The van der Waals surface area contributed by atoms with Gasteiger partial charge in [-0.3, -0.25) is 5.32 Å². The molecule has 0 bridgehead atoms. The Bertz CT molecular complexity index is 277.